The predicted octanol–water partition coefficient (Wildman–Crippen LogP) is 2.56. The smallest absolute Gasteiger partial charge is 0.169 e. The SMILES string of the molecule is CCCc1cc[n+](CCc2ccccn2)cc1. The molecule has 2 heteroatoms. The van der Waals surface area contributed by atoms with Crippen LogP contribution in [0.4, 0.5) is 0 Å². The molecule has 2 aromatic heterocycles. The first-order valence-electron chi connectivity index (χ1n) is 6.26. The molecule has 17 heavy (non-hydrogen) atoms. The van der Waals surface area contributed by atoms with Gasteiger partial charge in [0, 0.05) is 30.4 Å². The van der Waals surface area contributed by atoms with Crippen LogP contribution in [0.15, 0.2) is 48.9 Å². The second-order valence-electron chi connectivity index (χ2n) is 4.27. The minimum absolute atomic E-state index is 0.985. The van der Waals surface area contributed by atoms with Crippen molar-refractivity contribution < 1.29 is 4.57 Å². The molecule has 0 aromatic carbocycles. The molecule has 0 unspecified atom stereocenters. The standard InChI is InChI=1S/C15H19N2/c1-2-5-14-7-11-17(12-8-14)13-9-15-6-3-4-10-16-15/h3-4,6-8,10-12H,2,5,9,13H2,1H3/q+1. The topological polar surface area (TPSA) is 16.8 Å². The zero-order chi connectivity index (χ0) is 11.9. The van der Waals surface area contributed by atoms with Crippen LogP contribution in [0.2, 0.25) is 0 Å². The van der Waals surface area contributed by atoms with E-state index in [9.17, 15) is 0 Å². The van der Waals surface area contributed by atoms with Crippen molar-refractivity contribution in [2.45, 2.75) is 32.7 Å². The predicted molar refractivity (Wildman–Crippen MR) is 68.6 cm³/mol. The Balaban J connectivity index is 1.91. The third kappa shape index (κ3) is 3.66. The van der Waals surface area contributed by atoms with Gasteiger partial charge in [-0.25, -0.2) is 4.57 Å². The average molecular weight is 227 g/mol. The highest BCUT2D eigenvalue weighted by atomic mass is 14.9. The van der Waals surface area contributed by atoms with Gasteiger partial charge in [0.1, 0.15) is 0 Å². The zero-order valence-corrected chi connectivity index (χ0v) is 10.3. The highest BCUT2D eigenvalue weighted by molar-refractivity contribution is 5.07. The summed E-state index contributed by atoms with van der Waals surface area (Å²) < 4.78 is 2.22. The van der Waals surface area contributed by atoms with Crippen molar-refractivity contribution >= 4 is 0 Å². The third-order valence-corrected chi connectivity index (χ3v) is 2.85. The second kappa shape index (κ2) is 6.14. The van der Waals surface area contributed by atoms with Gasteiger partial charge in [-0.05, 0) is 24.1 Å². The van der Waals surface area contributed by atoms with Crippen molar-refractivity contribution in [2.75, 3.05) is 0 Å². The molecule has 0 radical (unpaired) electrons. The van der Waals surface area contributed by atoms with Crippen LogP contribution < -0.4 is 4.57 Å². The number of nitrogens with zero attached hydrogens (tertiary/aromatic N) is 2. The normalized spacial score (nSPS) is 10.4. The first kappa shape index (κ1) is 11.8. The van der Waals surface area contributed by atoms with E-state index >= 15 is 0 Å². The summed E-state index contributed by atoms with van der Waals surface area (Å²) in [5, 5.41) is 0. The van der Waals surface area contributed by atoms with E-state index in [4.69, 9.17) is 0 Å². The molecule has 0 spiro atoms. The van der Waals surface area contributed by atoms with Crippen LogP contribution in [-0.2, 0) is 19.4 Å². The van der Waals surface area contributed by atoms with E-state index in [0.717, 1.165) is 18.7 Å². The summed E-state index contributed by atoms with van der Waals surface area (Å²) in [6.07, 6.45) is 9.53. The summed E-state index contributed by atoms with van der Waals surface area (Å²) in [6, 6.07) is 10.5. The molecule has 0 aliphatic carbocycles. The summed E-state index contributed by atoms with van der Waals surface area (Å²) in [6.45, 7) is 3.20. The van der Waals surface area contributed by atoms with Crippen molar-refractivity contribution in [3.63, 3.8) is 0 Å². The van der Waals surface area contributed by atoms with Gasteiger partial charge in [-0.15, -0.1) is 0 Å². The molecular weight excluding hydrogens is 208 g/mol. The Kier molecular flexibility index (Phi) is 4.25. The van der Waals surface area contributed by atoms with E-state index in [2.05, 4.69) is 47.1 Å². The van der Waals surface area contributed by atoms with Gasteiger partial charge in [-0.2, -0.15) is 0 Å². The van der Waals surface area contributed by atoms with Gasteiger partial charge in [-0.3, -0.25) is 4.98 Å². The summed E-state index contributed by atoms with van der Waals surface area (Å²) in [5.74, 6) is 0. The Hall–Kier alpha value is -1.70. The Bertz CT molecular complexity index is 434. The fraction of sp³-hybridized carbons (Fsp3) is 0.333. The third-order valence-electron chi connectivity index (χ3n) is 2.85. The van der Waals surface area contributed by atoms with Crippen LogP contribution in [0.3, 0.4) is 0 Å². The lowest BCUT2D eigenvalue weighted by molar-refractivity contribution is -0.696. The van der Waals surface area contributed by atoms with Gasteiger partial charge >= 0.3 is 0 Å². The highest BCUT2D eigenvalue weighted by Crippen LogP contribution is 1.99. The molecule has 0 amide bonds. The van der Waals surface area contributed by atoms with Crippen LogP contribution in [0.5, 0.6) is 0 Å². The average Bonchev–Trinajstić information content (AvgIpc) is 2.40. The molecular formula is C15H19N2+. The molecule has 0 saturated carbocycles. The molecule has 0 atom stereocenters. The number of hydrogen-bond donors (Lipinski definition) is 0. The van der Waals surface area contributed by atoms with Crippen molar-refractivity contribution in [3.8, 4) is 0 Å². The molecule has 0 N–H and O–H groups in total. The molecule has 88 valence electrons. The van der Waals surface area contributed by atoms with Gasteiger partial charge in [0.2, 0.25) is 0 Å². The minimum atomic E-state index is 0.985. The molecule has 2 rings (SSSR count). The van der Waals surface area contributed by atoms with Crippen LogP contribution in [0.25, 0.3) is 0 Å². The minimum Gasteiger partial charge on any atom is -0.261 e. The van der Waals surface area contributed by atoms with Crippen LogP contribution in [0.1, 0.15) is 24.6 Å². The van der Waals surface area contributed by atoms with E-state index in [0.29, 0.717) is 0 Å². The Morgan fingerprint density at radius 3 is 2.53 bits per heavy atom. The van der Waals surface area contributed by atoms with Gasteiger partial charge in [0.05, 0.1) is 0 Å². The van der Waals surface area contributed by atoms with Gasteiger partial charge in [-0.1, -0.05) is 19.4 Å². The van der Waals surface area contributed by atoms with Crippen LogP contribution in [-0.4, -0.2) is 4.98 Å². The lowest BCUT2D eigenvalue weighted by Crippen LogP contribution is -2.33. The first-order chi connectivity index (χ1) is 8.38. The molecule has 0 saturated heterocycles. The second-order valence-corrected chi connectivity index (χ2v) is 4.27. The summed E-state index contributed by atoms with van der Waals surface area (Å²) in [7, 11) is 0. The van der Waals surface area contributed by atoms with Crippen molar-refractivity contribution in [2.24, 2.45) is 0 Å². The van der Waals surface area contributed by atoms with Gasteiger partial charge < -0.3 is 0 Å². The summed E-state index contributed by atoms with van der Waals surface area (Å²) >= 11 is 0. The zero-order valence-electron chi connectivity index (χ0n) is 10.3. The van der Waals surface area contributed by atoms with E-state index < -0.39 is 0 Å². The molecule has 2 aromatic rings. The first-order valence-corrected chi connectivity index (χ1v) is 6.26. The molecule has 0 fully saturated rings. The van der Waals surface area contributed by atoms with E-state index in [1.54, 1.807) is 0 Å². The quantitative estimate of drug-likeness (QED) is 0.717. The van der Waals surface area contributed by atoms with Crippen molar-refractivity contribution in [1.29, 1.82) is 0 Å². The Morgan fingerprint density at radius 2 is 1.88 bits per heavy atom. The maximum Gasteiger partial charge on any atom is 0.169 e. The van der Waals surface area contributed by atoms with Gasteiger partial charge in [0.15, 0.2) is 18.9 Å². The van der Waals surface area contributed by atoms with Crippen molar-refractivity contribution in [1.82, 2.24) is 4.98 Å². The maximum atomic E-state index is 4.33. The Labute approximate surface area is 103 Å². The lowest BCUT2D eigenvalue weighted by atomic mass is 10.1. The molecule has 0 bridgehead atoms. The van der Waals surface area contributed by atoms with E-state index in [-0.39, 0.29) is 0 Å². The number of pyridine rings is 2. The highest BCUT2D eigenvalue weighted by Gasteiger charge is 2.02. The number of aromatic nitrogens is 2. The molecule has 0 aliphatic rings. The molecule has 2 nitrogen and oxygen atoms in total. The largest absolute Gasteiger partial charge is 0.261 e. The fourth-order valence-electron chi connectivity index (χ4n) is 1.88. The summed E-state index contributed by atoms with van der Waals surface area (Å²) in [5.41, 5.74) is 2.57. The number of aryl methyl sites for hydroxylation is 3. The summed E-state index contributed by atoms with van der Waals surface area (Å²) in [4.78, 5) is 4.33. The van der Waals surface area contributed by atoms with E-state index in [1.807, 2.05) is 18.3 Å². The van der Waals surface area contributed by atoms with Gasteiger partial charge in [0.25, 0.3) is 0 Å². The van der Waals surface area contributed by atoms with E-state index in [1.165, 1.54) is 18.4 Å². The van der Waals surface area contributed by atoms with Crippen LogP contribution >= 0.6 is 0 Å². The Morgan fingerprint density at radius 1 is 1.06 bits per heavy atom. The molecule has 2 heterocycles. The van der Waals surface area contributed by atoms with Crippen molar-refractivity contribution in [3.05, 3.63) is 60.2 Å². The monoisotopic (exact) mass is 227 g/mol. The van der Waals surface area contributed by atoms with Crippen LogP contribution in [0, 0.1) is 0 Å². The lowest BCUT2D eigenvalue weighted by Gasteiger charge is -1.99. The maximum absolute atomic E-state index is 4.33. The molecule has 0 aliphatic heterocycles. The number of hydrogen-bond acceptors (Lipinski definition) is 1. The number of rotatable bonds is 5. The fourth-order valence-corrected chi connectivity index (χ4v) is 1.88.